The lowest BCUT2D eigenvalue weighted by Gasteiger charge is -2.16. The number of likely N-dealkylation sites (N-methyl/N-ethyl adjacent to an activating group) is 1. The van der Waals surface area contributed by atoms with Gasteiger partial charge in [-0.25, -0.2) is 13.2 Å². The van der Waals surface area contributed by atoms with E-state index >= 15 is 0 Å². The summed E-state index contributed by atoms with van der Waals surface area (Å²) >= 11 is 3.07. The van der Waals surface area contributed by atoms with Crippen LogP contribution < -0.4 is 5.32 Å². The lowest BCUT2D eigenvalue weighted by atomic mass is 10.3. The van der Waals surface area contributed by atoms with E-state index in [1.165, 1.54) is 12.1 Å². The zero-order valence-corrected chi connectivity index (χ0v) is 11.4. The first-order valence-corrected chi connectivity index (χ1v) is 5.90. The van der Waals surface area contributed by atoms with E-state index in [1.54, 1.807) is 0 Å². The minimum absolute atomic E-state index is 0.210. The van der Waals surface area contributed by atoms with Crippen molar-refractivity contribution in [2.24, 2.45) is 0 Å². The van der Waals surface area contributed by atoms with Crippen LogP contribution in [0.3, 0.4) is 0 Å². The van der Waals surface area contributed by atoms with Crippen LogP contribution in [-0.2, 0) is 9.59 Å². The third-order valence-corrected chi connectivity index (χ3v) is 2.62. The van der Waals surface area contributed by atoms with Crippen molar-refractivity contribution in [2.75, 3.05) is 18.9 Å². The number of anilines is 1. The highest BCUT2D eigenvalue weighted by molar-refractivity contribution is 9.10. The first-order chi connectivity index (χ1) is 8.81. The molecule has 1 aromatic carbocycles. The lowest BCUT2D eigenvalue weighted by Crippen LogP contribution is -2.39. The van der Waals surface area contributed by atoms with Crippen LogP contribution in [0, 0.1) is 5.82 Å². The van der Waals surface area contributed by atoms with Crippen LogP contribution in [0.4, 0.5) is 18.9 Å². The topological polar surface area (TPSA) is 49.4 Å². The highest BCUT2D eigenvalue weighted by Crippen LogP contribution is 2.19. The van der Waals surface area contributed by atoms with Crippen LogP contribution in [0.5, 0.6) is 0 Å². The second kappa shape index (κ2) is 6.55. The molecule has 0 aliphatic rings. The van der Waals surface area contributed by atoms with Gasteiger partial charge in [0.2, 0.25) is 0 Å². The van der Waals surface area contributed by atoms with Crippen LogP contribution in [0.2, 0.25) is 0 Å². The highest BCUT2D eigenvalue weighted by atomic mass is 79.9. The number of nitrogens with one attached hydrogen (secondary N) is 1. The third kappa shape index (κ3) is 4.55. The summed E-state index contributed by atoms with van der Waals surface area (Å²) in [5.41, 5.74) is -0.210. The van der Waals surface area contributed by atoms with E-state index in [1.807, 2.05) is 5.32 Å². The van der Waals surface area contributed by atoms with E-state index in [9.17, 15) is 22.8 Å². The average Bonchev–Trinajstić information content (AvgIpc) is 2.31. The minimum atomic E-state index is -2.75. The van der Waals surface area contributed by atoms with Gasteiger partial charge < -0.3 is 10.2 Å². The van der Waals surface area contributed by atoms with Crippen molar-refractivity contribution in [3.63, 3.8) is 0 Å². The molecule has 0 aromatic heterocycles. The summed E-state index contributed by atoms with van der Waals surface area (Å²) in [5.74, 6) is -3.08. The molecule has 1 N–H and O–H groups in total. The molecule has 0 unspecified atom stereocenters. The maximum Gasteiger partial charge on any atom is 0.313 e. The Bertz CT molecular complexity index is 497. The van der Waals surface area contributed by atoms with Crippen LogP contribution in [-0.4, -0.2) is 36.7 Å². The first-order valence-electron chi connectivity index (χ1n) is 5.11. The van der Waals surface area contributed by atoms with Gasteiger partial charge in [-0.1, -0.05) is 15.9 Å². The average molecular weight is 339 g/mol. The highest BCUT2D eigenvalue weighted by Gasteiger charge is 2.22. The number of halogens is 4. The predicted molar refractivity (Wildman–Crippen MR) is 66.4 cm³/mol. The molecule has 8 heteroatoms. The Kier molecular flexibility index (Phi) is 5.34. The number of hydrogen-bond donors (Lipinski definition) is 1. The van der Waals surface area contributed by atoms with Gasteiger partial charge in [0.15, 0.2) is 0 Å². The Morgan fingerprint density at radius 1 is 1.42 bits per heavy atom. The Morgan fingerprint density at radius 3 is 2.63 bits per heavy atom. The molecular weight excluding hydrogens is 329 g/mol. The van der Waals surface area contributed by atoms with E-state index in [4.69, 9.17) is 0 Å². The summed E-state index contributed by atoms with van der Waals surface area (Å²) in [6, 6.07) is 3.76. The maximum atomic E-state index is 13.3. The van der Waals surface area contributed by atoms with E-state index in [2.05, 4.69) is 15.9 Å². The summed E-state index contributed by atoms with van der Waals surface area (Å²) in [5, 5.41) is 2.02. The number of amides is 2. The molecule has 0 saturated heterocycles. The smallest absolute Gasteiger partial charge is 0.313 e. The summed E-state index contributed by atoms with van der Waals surface area (Å²) in [6.45, 7) is -0.868. The standard InChI is InChI=1S/C11H10BrF3N2O2/c1-17(5-9(14)15)11(19)10(18)16-8-4-6(12)2-3-7(8)13/h2-4,9H,5H2,1H3,(H,16,18). The fourth-order valence-corrected chi connectivity index (χ4v) is 1.59. The minimum Gasteiger partial charge on any atom is -0.332 e. The zero-order chi connectivity index (χ0) is 14.6. The Hall–Kier alpha value is -1.57. The van der Waals surface area contributed by atoms with E-state index in [0.717, 1.165) is 13.1 Å². The van der Waals surface area contributed by atoms with Crippen LogP contribution in [0.1, 0.15) is 0 Å². The van der Waals surface area contributed by atoms with Gasteiger partial charge in [0.25, 0.3) is 6.43 Å². The predicted octanol–water partition coefficient (Wildman–Crippen LogP) is 2.25. The van der Waals surface area contributed by atoms with E-state index < -0.39 is 30.6 Å². The van der Waals surface area contributed by atoms with Crippen molar-refractivity contribution >= 4 is 33.4 Å². The number of benzene rings is 1. The molecular formula is C11H10BrF3N2O2. The molecule has 1 rings (SSSR count). The van der Waals surface area contributed by atoms with E-state index in [-0.39, 0.29) is 5.69 Å². The van der Waals surface area contributed by atoms with Crippen molar-refractivity contribution in [1.82, 2.24) is 4.90 Å². The van der Waals surface area contributed by atoms with Gasteiger partial charge in [-0.15, -0.1) is 0 Å². The molecule has 0 atom stereocenters. The molecule has 4 nitrogen and oxygen atoms in total. The largest absolute Gasteiger partial charge is 0.332 e. The summed E-state index contributed by atoms with van der Waals surface area (Å²) < 4.78 is 37.9. The lowest BCUT2D eigenvalue weighted by molar-refractivity contribution is -0.143. The third-order valence-electron chi connectivity index (χ3n) is 2.13. The first kappa shape index (κ1) is 15.5. The van der Waals surface area contributed by atoms with Crippen LogP contribution in [0.25, 0.3) is 0 Å². The van der Waals surface area contributed by atoms with Crippen molar-refractivity contribution in [3.05, 3.63) is 28.5 Å². The SMILES string of the molecule is CN(CC(F)F)C(=O)C(=O)Nc1cc(Br)ccc1F. The van der Waals surface area contributed by atoms with Gasteiger partial charge in [-0.3, -0.25) is 9.59 Å². The van der Waals surface area contributed by atoms with Crippen molar-refractivity contribution < 1.29 is 22.8 Å². The summed E-state index contributed by atoms with van der Waals surface area (Å²) in [4.78, 5) is 23.5. The molecule has 19 heavy (non-hydrogen) atoms. The molecule has 0 fully saturated rings. The Morgan fingerprint density at radius 2 is 2.05 bits per heavy atom. The van der Waals surface area contributed by atoms with E-state index in [0.29, 0.717) is 9.37 Å². The number of alkyl halides is 2. The quantitative estimate of drug-likeness (QED) is 0.859. The van der Waals surface area contributed by atoms with Crippen molar-refractivity contribution in [3.8, 4) is 0 Å². The number of carbonyl (C=O) groups is 2. The van der Waals surface area contributed by atoms with Crippen molar-refractivity contribution in [2.45, 2.75) is 6.43 Å². The summed E-state index contributed by atoms with van der Waals surface area (Å²) in [7, 11) is 1.06. The molecule has 0 saturated carbocycles. The normalized spacial score (nSPS) is 10.4. The molecule has 104 valence electrons. The van der Waals surface area contributed by atoms with Gasteiger partial charge in [0.05, 0.1) is 12.2 Å². The number of rotatable bonds is 3. The molecule has 0 bridgehead atoms. The van der Waals surface area contributed by atoms with Crippen LogP contribution in [0.15, 0.2) is 22.7 Å². The Balaban J connectivity index is 2.74. The van der Waals surface area contributed by atoms with Gasteiger partial charge in [0, 0.05) is 11.5 Å². The van der Waals surface area contributed by atoms with Gasteiger partial charge in [0.1, 0.15) is 5.82 Å². The molecule has 0 aliphatic heterocycles. The van der Waals surface area contributed by atoms with Crippen LogP contribution >= 0.6 is 15.9 Å². The zero-order valence-electron chi connectivity index (χ0n) is 9.79. The fourth-order valence-electron chi connectivity index (χ4n) is 1.23. The number of nitrogens with zero attached hydrogens (tertiary/aromatic N) is 1. The Labute approximate surface area is 115 Å². The molecule has 0 radical (unpaired) electrons. The molecule has 0 spiro atoms. The second-order valence-electron chi connectivity index (χ2n) is 3.66. The van der Waals surface area contributed by atoms with Gasteiger partial charge in [-0.2, -0.15) is 0 Å². The number of hydrogen-bond acceptors (Lipinski definition) is 2. The molecule has 2 amide bonds. The monoisotopic (exact) mass is 338 g/mol. The van der Waals surface area contributed by atoms with Gasteiger partial charge in [-0.05, 0) is 18.2 Å². The fraction of sp³-hybridized carbons (Fsp3) is 0.273. The molecule has 0 heterocycles. The summed E-state index contributed by atoms with van der Waals surface area (Å²) in [6.07, 6.45) is -2.75. The molecule has 1 aromatic rings. The number of carbonyl (C=O) groups excluding carboxylic acids is 2. The second-order valence-corrected chi connectivity index (χ2v) is 4.57. The maximum absolute atomic E-state index is 13.3. The molecule has 0 aliphatic carbocycles. The van der Waals surface area contributed by atoms with Crippen molar-refractivity contribution in [1.29, 1.82) is 0 Å². The van der Waals surface area contributed by atoms with Gasteiger partial charge >= 0.3 is 11.8 Å².